The number of carbonyl (C=O) groups is 2. The van der Waals surface area contributed by atoms with Crippen LogP contribution >= 0.6 is 23.2 Å². The van der Waals surface area contributed by atoms with Gasteiger partial charge in [-0.1, -0.05) is 35.8 Å². The highest BCUT2D eigenvalue weighted by atomic mass is 35.5. The molecule has 2 amide bonds. The highest BCUT2D eigenvalue weighted by Crippen LogP contribution is 2.53. The van der Waals surface area contributed by atoms with Gasteiger partial charge in [0, 0.05) is 35.1 Å². The van der Waals surface area contributed by atoms with Crippen molar-refractivity contribution < 1.29 is 23.8 Å². The number of carbonyl (C=O) groups excluding carboxylic acids is 2. The SMILES string of the molecule is C=CC(=O)N1C[C@@H]2C(=O)N3C[C@H]([C@@H]4CCCN4C)Oc4nc5c(F)c(-c6c(O)cccc6Cl)c(Cl)cc5c(c43)N2C[C@H]1C. The molecule has 2 fully saturated rings. The molecule has 1 aromatic heterocycles. The molecule has 0 bridgehead atoms. The maximum Gasteiger partial charge on any atom is 0.251 e. The molecule has 0 radical (unpaired) electrons. The molecule has 43 heavy (non-hydrogen) atoms. The summed E-state index contributed by atoms with van der Waals surface area (Å²) in [6.45, 7) is 7.21. The van der Waals surface area contributed by atoms with Gasteiger partial charge in [-0.2, -0.15) is 0 Å². The zero-order valence-corrected chi connectivity index (χ0v) is 25.2. The Morgan fingerprint density at radius 3 is 2.67 bits per heavy atom. The van der Waals surface area contributed by atoms with E-state index in [1.807, 2.05) is 18.9 Å². The van der Waals surface area contributed by atoms with Gasteiger partial charge in [-0.25, -0.2) is 9.37 Å². The highest BCUT2D eigenvalue weighted by molar-refractivity contribution is 6.37. The number of halogens is 3. The topological polar surface area (TPSA) is 89.5 Å². The number of phenols is 1. The molecule has 2 aromatic carbocycles. The van der Waals surface area contributed by atoms with Gasteiger partial charge in [-0.15, -0.1) is 0 Å². The summed E-state index contributed by atoms with van der Waals surface area (Å²) in [7, 11) is 2.03. The Morgan fingerprint density at radius 1 is 1.19 bits per heavy atom. The van der Waals surface area contributed by atoms with E-state index >= 15 is 4.39 Å². The van der Waals surface area contributed by atoms with Gasteiger partial charge in [0.2, 0.25) is 11.8 Å². The third-order valence-electron chi connectivity index (χ3n) is 9.27. The van der Waals surface area contributed by atoms with E-state index in [2.05, 4.69) is 11.5 Å². The van der Waals surface area contributed by atoms with Gasteiger partial charge in [0.05, 0.1) is 28.8 Å². The number of benzene rings is 2. The number of anilines is 2. The molecule has 0 saturated carbocycles. The molecule has 3 aromatic rings. The molecule has 9 nitrogen and oxygen atoms in total. The van der Waals surface area contributed by atoms with Gasteiger partial charge in [-0.05, 0) is 57.6 Å². The Labute approximate surface area is 258 Å². The molecule has 4 aliphatic heterocycles. The fourth-order valence-electron chi connectivity index (χ4n) is 7.18. The summed E-state index contributed by atoms with van der Waals surface area (Å²) in [5.74, 6) is -1.24. The van der Waals surface area contributed by atoms with Crippen LogP contribution in [0.4, 0.5) is 15.8 Å². The van der Waals surface area contributed by atoms with E-state index in [-0.39, 0.29) is 74.9 Å². The maximum atomic E-state index is 16.7. The molecule has 0 aliphatic carbocycles. The van der Waals surface area contributed by atoms with E-state index in [0.717, 1.165) is 19.4 Å². The number of phenolic OH excluding ortho intramolecular Hbond substituents is 1. The van der Waals surface area contributed by atoms with Crippen LogP contribution in [0.15, 0.2) is 36.9 Å². The zero-order chi connectivity index (χ0) is 30.3. The number of nitrogens with zero attached hydrogens (tertiary/aromatic N) is 5. The number of hydrogen-bond acceptors (Lipinski definition) is 7. The van der Waals surface area contributed by atoms with Crippen LogP contribution in [0.25, 0.3) is 22.0 Å². The van der Waals surface area contributed by atoms with Crippen molar-refractivity contribution in [3.05, 3.63) is 52.8 Å². The number of fused-ring (bicyclic) bond motifs is 4. The van der Waals surface area contributed by atoms with Gasteiger partial charge in [-0.3, -0.25) is 14.5 Å². The third kappa shape index (κ3) is 4.17. The summed E-state index contributed by atoms with van der Waals surface area (Å²) in [5, 5.41) is 11.2. The van der Waals surface area contributed by atoms with Crippen molar-refractivity contribution in [3.63, 3.8) is 0 Å². The van der Waals surface area contributed by atoms with Gasteiger partial charge in [0.15, 0.2) is 5.82 Å². The lowest BCUT2D eigenvalue weighted by Crippen LogP contribution is -2.67. The van der Waals surface area contributed by atoms with Crippen molar-refractivity contribution in [2.24, 2.45) is 0 Å². The van der Waals surface area contributed by atoms with Gasteiger partial charge in [0.1, 0.15) is 29.1 Å². The number of hydrogen-bond donors (Lipinski definition) is 1. The molecular formula is C31H30Cl2FN5O4. The quantitative estimate of drug-likeness (QED) is 0.416. The monoisotopic (exact) mass is 625 g/mol. The number of likely N-dealkylation sites (tertiary alicyclic amines) is 1. The van der Waals surface area contributed by atoms with Gasteiger partial charge in [0.25, 0.3) is 5.91 Å². The van der Waals surface area contributed by atoms with Crippen molar-refractivity contribution in [2.45, 2.75) is 44.0 Å². The molecule has 7 rings (SSSR count). The molecular weight excluding hydrogens is 596 g/mol. The first-order valence-electron chi connectivity index (χ1n) is 14.3. The normalized spacial score (nSPS) is 25.0. The summed E-state index contributed by atoms with van der Waals surface area (Å²) >= 11 is 13.2. The number of aromatic nitrogens is 1. The Bertz CT molecular complexity index is 1700. The Balaban J connectivity index is 1.48. The number of pyridine rings is 1. The van der Waals surface area contributed by atoms with E-state index in [4.69, 9.17) is 32.9 Å². The summed E-state index contributed by atoms with van der Waals surface area (Å²) in [6.07, 6.45) is 2.77. The molecule has 0 spiro atoms. The molecule has 5 heterocycles. The molecule has 4 atom stereocenters. The lowest BCUT2D eigenvalue weighted by molar-refractivity contribution is -0.131. The number of rotatable bonds is 3. The molecule has 4 aliphatic rings. The molecule has 12 heteroatoms. The summed E-state index contributed by atoms with van der Waals surface area (Å²) in [4.78, 5) is 39.1. The Kier molecular flexibility index (Phi) is 6.72. The Morgan fingerprint density at radius 2 is 1.98 bits per heavy atom. The predicted molar refractivity (Wildman–Crippen MR) is 164 cm³/mol. The van der Waals surface area contributed by atoms with Crippen LogP contribution in [-0.2, 0) is 9.59 Å². The summed E-state index contributed by atoms with van der Waals surface area (Å²) in [6, 6.07) is 5.21. The Hall–Kier alpha value is -3.60. The van der Waals surface area contributed by atoms with Gasteiger partial charge < -0.3 is 24.5 Å². The smallest absolute Gasteiger partial charge is 0.251 e. The van der Waals surface area contributed by atoms with Crippen molar-refractivity contribution in [3.8, 4) is 22.8 Å². The second-order valence-electron chi connectivity index (χ2n) is 11.7. The minimum atomic E-state index is -0.762. The molecule has 224 valence electrons. The number of amides is 2. The largest absolute Gasteiger partial charge is 0.507 e. The van der Waals surface area contributed by atoms with Crippen LogP contribution in [-0.4, -0.2) is 89.2 Å². The lowest BCUT2D eigenvalue weighted by atomic mass is 9.94. The highest BCUT2D eigenvalue weighted by Gasteiger charge is 2.50. The summed E-state index contributed by atoms with van der Waals surface area (Å²) in [5.41, 5.74) is 1.03. The number of ether oxygens (including phenoxy) is 1. The van der Waals surface area contributed by atoms with Crippen molar-refractivity contribution in [2.75, 3.05) is 43.0 Å². The van der Waals surface area contributed by atoms with Crippen LogP contribution in [0.5, 0.6) is 11.6 Å². The molecule has 1 N–H and O–H groups in total. The first kappa shape index (κ1) is 28.2. The lowest BCUT2D eigenvalue weighted by Gasteiger charge is -2.52. The van der Waals surface area contributed by atoms with Crippen LogP contribution in [0.1, 0.15) is 19.8 Å². The minimum Gasteiger partial charge on any atom is -0.507 e. The van der Waals surface area contributed by atoms with E-state index in [0.29, 0.717) is 29.9 Å². The van der Waals surface area contributed by atoms with Crippen molar-refractivity contribution in [1.82, 2.24) is 14.8 Å². The van der Waals surface area contributed by atoms with Crippen LogP contribution in [0.3, 0.4) is 0 Å². The maximum absolute atomic E-state index is 16.7. The van der Waals surface area contributed by atoms with E-state index in [1.165, 1.54) is 12.1 Å². The predicted octanol–water partition coefficient (Wildman–Crippen LogP) is 4.85. The average Bonchev–Trinajstić information content (AvgIpc) is 3.41. The standard InChI is InChI=1S/C31H30Cl2FN5O4/c1-4-23(41)37-13-20-31(42)39-14-22(19-8-6-10-36(19)3)43-30-29(39)28(38(20)12-15(37)2)16-11-18(33)25(26(34)27(16)35-30)24-17(32)7-5-9-21(24)40/h4-5,7,9,11,15,19-20,22,40H,1,6,8,10,12-14H2,2-3H3/t15-,19+,20-,22-/m1/s1. The number of piperazine rings is 1. The summed E-state index contributed by atoms with van der Waals surface area (Å²) < 4.78 is 23.2. The van der Waals surface area contributed by atoms with E-state index in [9.17, 15) is 14.7 Å². The number of aromatic hydroxyl groups is 1. The first-order chi connectivity index (χ1) is 20.6. The number of likely N-dealkylation sites (N-methyl/N-ethyl adjacent to an activating group) is 1. The fourth-order valence-corrected chi connectivity index (χ4v) is 7.73. The second-order valence-corrected chi connectivity index (χ2v) is 12.5. The van der Waals surface area contributed by atoms with Gasteiger partial charge >= 0.3 is 0 Å². The van der Waals surface area contributed by atoms with E-state index < -0.39 is 11.9 Å². The second kappa shape index (κ2) is 10.2. The van der Waals surface area contributed by atoms with Crippen molar-refractivity contribution in [1.29, 1.82) is 0 Å². The zero-order valence-electron chi connectivity index (χ0n) is 23.7. The van der Waals surface area contributed by atoms with E-state index in [1.54, 1.807) is 28.0 Å². The minimum absolute atomic E-state index is 0.0156. The molecule has 2 saturated heterocycles. The fraction of sp³-hybridized carbons (Fsp3) is 0.387. The third-order valence-corrected chi connectivity index (χ3v) is 9.88. The average molecular weight is 627 g/mol. The van der Waals surface area contributed by atoms with Crippen LogP contribution < -0.4 is 14.5 Å². The first-order valence-corrected chi connectivity index (χ1v) is 15.1. The molecule has 0 unspecified atom stereocenters. The van der Waals surface area contributed by atoms with Crippen molar-refractivity contribution >= 4 is 57.3 Å². The van der Waals surface area contributed by atoms with Crippen LogP contribution in [0.2, 0.25) is 10.0 Å². The van der Waals surface area contributed by atoms with Crippen LogP contribution in [0, 0.1) is 5.82 Å².